The Morgan fingerprint density at radius 3 is 1.63 bits per heavy atom. The van der Waals surface area contributed by atoms with Crippen LogP contribution in [-0.4, -0.2) is 17.8 Å². The second-order valence-electron chi connectivity index (χ2n) is 30.5. The summed E-state index contributed by atoms with van der Waals surface area (Å²) in [5, 5.41) is 2.72. The number of hydrogen-bond acceptors (Lipinski definition) is 4. The van der Waals surface area contributed by atoms with Crippen LogP contribution in [0.1, 0.15) is 196 Å². The van der Waals surface area contributed by atoms with Gasteiger partial charge in [0, 0.05) is 70.7 Å². The summed E-state index contributed by atoms with van der Waals surface area (Å²) in [6.07, 6.45) is 9.70. The Labute approximate surface area is 477 Å². The van der Waals surface area contributed by atoms with Gasteiger partial charge in [-0.25, -0.2) is 0 Å². The molecule has 0 N–H and O–H groups in total. The van der Waals surface area contributed by atoms with Crippen molar-refractivity contribution >= 4 is 94.4 Å². The molecule has 0 spiro atoms. The molecule has 0 saturated heterocycles. The number of benzene rings is 7. The molecule has 3 nitrogen and oxygen atoms in total. The first kappa shape index (κ1) is 51.4. The van der Waals surface area contributed by atoms with Gasteiger partial charge >= 0.3 is 0 Å². The van der Waals surface area contributed by atoms with Crippen molar-refractivity contribution < 1.29 is 0 Å². The molecule has 5 heteroatoms. The Balaban J connectivity index is 1.16. The molecule has 2 saturated carbocycles. The van der Waals surface area contributed by atoms with Crippen molar-refractivity contribution in [1.82, 2.24) is 0 Å². The van der Waals surface area contributed by atoms with Gasteiger partial charge < -0.3 is 14.7 Å². The molecule has 1 aromatic heterocycles. The molecular weight excluding hydrogens is 974 g/mol. The highest BCUT2D eigenvalue weighted by molar-refractivity contribution is 7.26. The molecule has 404 valence electrons. The molecule has 4 unspecified atom stereocenters. The maximum absolute atomic E-state index is 2.99. The molecule has 2 aliphatic carbocycles. The second-order valence-corrected chi connectivity index (χ2v) is 31.6. The molecule has 79 heavy (non-hydrogen) atoms. The van der Waals surface area contributed by atoms with Crippen LogP contribution in [0.5, 0.6) is 0 Å². The van der Waals surface area contributed by atoms with E-state index < -0.39 is 0 Å². The Hall–Kier alpha value is -5.78. The topological polar surface area (TPSA) is 9.72 Å². The predicted octanol–water partition coefficient (Wildman–Crippen LogP) is 19.0. The summed E-state index contributed by atoms with van der Waals surface area (Å²) >= 11 is 1.98. The van der Waals surface area contributed by atoms with Crippen molar-refractivity contribution in [2.75, 3.05) is 14.7 Å². The zero-order valence-electron chi connectivity index (χ0n) is 50.5. The van der Waals surface area contributed by atoms with Crippen LogP contribution in [0.4, 0.5) is 39.8 Å². The predicted molar refractivity (Wildman–Crippen MR) is 345 cm³/mol. The fourth-order valence-corrected chi connectivity index (χ4v) is 17.6. The number of fused-ring (bicyclic) bond motifs is 13. The number of nitrogens with zero attached hydrogens (tertiary/aromatic N) is 3. The Bertz CT molecular complexity index is 3890. The summed E-state index contributed by atoms with van der Waals surface area (Å²) in [6, 6.07) is 49.9. The SMILES string of the molecule is CC(C)(C)c1ccc(N2c3cc4c(cc3B3c5cc(C(C)(C)C)cc6c5N(c5cc(N7c8ccc(C(C)(C)C)cc8C8(C)CCCCC78C)cc2c53)C2(C)CCCCC62C)sc2ccc(C(C)(C)C)cc24)c(-c2ccccc2)c1. The molecule has 4 atom stereocenters. The van der Waals surface area contributed by atoms with Gasteiger partial charge in [-0.3, -0.25) is 0 Å². The summed E-state index contributed by atoms with van der Waals surface area (Å²) in [7, 11) is 0. The molecule has 0 radical (unpaired) electrons. The molecule has 14 rings (SSSR count). The highest BCUT2D eigenvalue weighted by Gasteiger charge is 2.63. The van der Waals surface area contributed by atoms with Crippen molar-refractivity contribution in [3.05, 3.63) is 155 Å². The lowest BCUT2D eigenvalue weighted by molar-refractivity contribution is 0.194. The maximum Gasteiger partial charge on any atom is 0.252 e. The molecule has 0 amide bonds. The smallest absolute Gasteiger partial charge is 0.252 e. The van der Waals surface area contributed by atoms with Crippen LogP contribution in [0, 0.1) is 0 Å². The molecule has 2 fully saturated rings. The van der Waals surface area contributed by atoms with Gasteiger partial charge in [-0.15, -0.1) is 11.3 Å². The Kier molecular flexibility index (Phi) is 10.7. The quantitative estimate of drug-likeness (QED) is 0.163. The first-order chi connectivity index (χ1) is 37.2. The third-order valence-corrected chi connectivity index (χ3v) is 22.9. The summed E-state index contributed by atoms with van der Waals surface area (Å²) < 4.78 is 2.73. The zero-order chi connectivity index (χ0) is 55.5. The Morgan fingerprint density at radius 2 is 0.975 bits per heavy atom. The average Bonchev–Trinajstić information content (AvgIpc) is 3.24. The van der Waals surface area contributed by atoms with Gasteiger partial charge in [0.05, 0.1) is 16.8 Å². The van der Waals surface area contributed by atoms with Crippen LogP contribution >= 0.6 is 11.3 Å². The van der Waals surface area contributed by atoms with Gasteiger partial charge in [0.15, 0.2) is 0 Å². The largest absolute Gasteiger partial charge is 0.335 e. The lowest BCUT2D eigenvalue weighted by Crippen LogP contribution is -2.64. The van der Waals surface area contributed by atoms with E-state index in [2.05, 4.69) is 247 Å². The van der Waals surface area contributed by atoms with Crippen LogP contribution in [0.2, 0.25) is 0 Å². The Morgan fingerprint density at radius 1 is 0.430 bits per heavy atom. The summed E-state index contributed by atoms with van der Waals surface area (Å²) in [5.74, 6) is 0. The minimum absolute atomic E-state index is 0.0186. The van der Waals surface area contributed by atoms with E-state index in [1.807, 2.05) is 11.3 Å². The first-order valence-corrected chi connectivity index (χ1v) is 31.1. The first-order valence-electron chi connectivity index (χ1n) is 30.3. The van der Waals surface area contributed by atoms with Gasteiger partial charge in [-0.05, 0) is 171 Å². The third-order valence-electron chi connectivity index (χ3n) is 21.8. The fourth-order valence-electron chi connectivity index (χ4n) is 16.5. The van der Waals surface area contributed by atoms with Crippen molar-refractivity contribution in [3.8, 4) is 11.1 Å². The van der Waals surface area contributed by atoms with E-state index >= 15 is 0 Å². The number of hydrogen-bond donors (Lipinski definition) is 0. The zero-order valence-corrected chi connectivity index (χ0v) is 51.3. The second kappa shape index (κ2) is 16.5. The van der Waals surface area contributed by atoms with Crippen LogP contribution in [0.3, 0.4) is 0 Å². The standard InChI is InChI=1S/C74H84BN3S/c1-67(2,3)46-26-29-58(51(36-46)45-24-18-17-19-25-45)76-60-43-53-52-37-47(68(4,5)6)28-31-63(52)79-64(53)44-56(60)75-57-40-49(70(10,11)12)39-55-66(57)78(74(16)35-23-21-33-72(55,74)14)62-42-50(41-61(76)65(62)75)77-59-30-27-48(69(7,8)9)38-54(59)71(13)32-20-22-34-73(71,77)15/h17-19,24-31,36-44H,20-23,32-35H2,1-16H3. The molecule has 7 aromatic carbocycles. The number of rotatable bonds is 3. The minimum Gasteiger partial charge on any atom is -0.335 e. The van der Waals surface area contributed by atoms with Gasteiger partial charge in [0.1, 0.15) is 0 Å². The highest BCUT2D eigenvalue weighted by atomic mass is 32.1. The normalized spacial score (nSPS) is 24.2. The lowest BCUT2D eigenvalue weighted by Gasteiger charge is -2.54. The van der Waals surface area contributed by atoms with Gasteiger partial charge in [0.2, 0.25) is 0 Å². The maximum atomic E-state index is 2.99. The van der Waals surface area contributed by atoms with E-state index in [1.54, 1.807) is 5.56 Å². The van der Waals surface area contributed by atoms with Crippen LogP contribution in [0.15, 0.2) is 121 Å². The molecule has 0 bridgehead atoms. The van der Waals surface area contributed by atoms with Crippen molar-refractivity contribution in [3.63, 3.8) is 0 Å². The number of anilines is 7. The van der Waals surface area contributed by atoms with Crippen LogP contribution in [-0.2, 0) is 32.5 Å². The number of thiophene rings is 1. The molecule has 5 heterocycles. The van der Waals surface area contributed by atoms with E-state index in [0.717, 1.165) is 12.8 Å². The summed E-state index contributed by atoms with van der Waals surface area (Å²) in [5.41, 5.74) is 24.8. The lowest BCUT2D eigenvalue weighted by atomic mass is 9.33. The van der Waals surface area contributed by atoms with Crippen molar-refractivity contribution in [1.29, 1.82) is 0 Å². The van der Waals surface area contributed by atoms with Crippen molar-refractivity contribution in [2.24, 2.45) is 0 Å². The van der Waals surface area contributed by atoms with Crippen LogP contribution in [0.25, 0.3) is 31.3 Å². The summed E-state index contributed by atoms with van der Waals surface area (Å²) in [4.78, 5) is 8.68. The monoisotopic (exact) mass is 1060 g/mol. The van der Waals surface area contributed by atoms with Gasteiger partial charge in [-0.1, -0.05) is 189 Å². The van der Waals surface area contributed by atoms with E-state index in [0.29, 0.717) is 0 Å². The summed E-state index contributed by atoms with van der Waals surface area (Å²) in [6.45, 7) is 39.3. The van der Waals surface area contributed by atoms with E-state index in [9.17, 15) is 0 Å². The van der Waals surface area contributed by atoms with E-state index in [4.69, 9.17) is 0 Å². The van der Waals surface area contributed by atoms with Crippen LogP contribution < -0.4 is 31.1 Å². The molecule has 6 aliphatic rings. The van der Waals surface area contributed by atoms with Crippen molar-refractivity contribution in [2.45, 2.75) is 206 Å². The third kappa shape index (κ3) is 7.02. The van der Waals surface area contributed by atoms with Gasteiger partial charge in [0.25, 0.3) is 6.71 Å². The molecule has 8 aromatic rings. The van der Waals surface area contributed by atoms with E-state index in [1.165, 1.54) is 154 Å². The average molecular weight is 1060 g/mol. The molecule has 4 aliphatic heterocycles. The minimum atomic E-state index is -0.133. The van der Waals surface area contributed by atoms with E-state index in [-0.39, 0.29) is 50.3 Å². The van der Waals surface area contributed by atoms with Gasteiger partial charge in [-0.2, -0.15) is 0 Å². The molecular formula is C74H84BN3S. The highest BCUT2D eigenvalue weighted by Crippen LogP contribution is 2.65. The fraction of sp³-hybridized carbons (Fsp3) is 0.432.